The molecule has 0 saturated heterocycles. The Morgan fingerprint density at radius 1 is 0.667 bits per heavy atom. The van der Waals surface area contributed by atoms with E-state index in [9.17, 15) is 0 Å². The fraction of sp³-hybridized carbons (Fsp3) is 0.150. The minimum absolute atomic E-state index is 0. The molecule has 2 aliphatic rings. The van der Waals surface area contributed by atoms with E-state index in [0.717, 1.165) is 62.8 Å². The van der Waals surface area contributed by atoms with Crippen LogP contribution in [0.15, 0.2) is 134 Å². The van der Waals surface area contributed by atoms with Crippen molar-refractivity contribution in [3.05, 3.63) is 183 Å². The summed E-state index contributed by atoms with van der Waals surface area (Å²) in [5.74, 6) is 3.49. The average molecular weight is 883 g/mol. The summed E-state index contributed by atoms with van der Waals surface area (Å²) in [6.07, 6.45) is 14.8. The maximum absolute atomic E-state index is 4.67. The van der Waals surface area contributed by atoms with Crippen molar-refractivity contribution in [1.29, 1.82) is 0 Å². The minimum Gasteiger partial charge on any atom is -0.508 e. The van der Waals surface area contributed by atoms with Crippen LogP contribution < -0.4 is 9.80 Å². The number of anilines is 2. The van der Waals surface area contributed by atoms with Crippen LogP contribution >= 0.6 is 16.0 Å². The van der Waals surface area contributed by atoms with Crippen LogP contribution in [0.1, 0.15) is 24.0 Å². The predicted octanol–water partition coefficient (Wildman–Crippen LogP) is 8.79. The fourth-order valence-corrected chi connectivity index (χ4v) is 8.32. The molecule has 2 aromatic heterocycles. The standard InChI is InChI=1S/C22H22N4.C18H14N4P2.Ir/c1-3-9-21(10-4-1)25-17-15-23(19-25)13-7-8-14-24-16-18-26(20-24)22-11-5-2-6-12-22;1-3-7-15(8-4-1)11-22-12-17(19-20-22)18-14-24(21-23-18)13-16-9-5-2-6-10-16;/h1-6,9,11,15-20H,7-8,13-14H2;1-10H,11,13H2;/q-4;-2;. The average Bonchev–Trinajstić information content (AvgIpc) is 4.01. The van der Waals surface area contributed by atoms with Crippen LogP contribution in [-0.2, 0) is 32.8 Å². The molecule has 11 heteroatoms. The first kappa shape index (κ1) is 36.3. The molecule has 1 radical (unpaired) electrons. The van der Waals surface area contributed by atoms with Crippen LogP contribution in [0.4, 0.5) is 11.4 Å². The number of hydrogen-bond acceptors (Lipinski definition) is 7. The molecule has 8 nitrogen and oxygen atoms in total. The SMILES string of the molecule is [Ir].[c-]1c(-c2[c-]p(Cc3ccccc3)np2)nnn1Cc1ccccc1.[c-]1ccccc1N1C=CN(CCCCN2C=CN(c3[c-]cccc3)[CH-]2)[CH-]1. The summed E-state index contributed by atoms with van der Waals surface area (Å²) in [4.78, 5) is 8.67. The summed E-state index contributed by atoms with van der Waals surface area (Å²) in [6, 6.07) is 43.2. The molecule has 0 amide bonds. The van der Waals surface area contributed by atoms with Gasteiger partial charge in [-0.15, -0.1) is 24.3 Å². The largest absolute Gasteiger partial charge is 0.508 e. The van der Waals surface area contributed by atoms with Gasteiger partial charge in [0.1, 0.15) is 0 Å². The fourth-order valence-electron chi connectivity index (χ4n) is 5.40. The first-order valence-corrected chi connectivity index (χ1v) is 18.9. The number of rotatable bonds is 12. The maximum Gasteiger partial charge on any atom is 0.0458 e. The quantitative estimate of drug-likeness (QED) is 0.0901. The zero-order valence-electron chi connectivity index (χ0n) is 27.9. The van der Waals surface area contributed by atoms with Crippen LogP contribution in [0.2, 0.25) is 0 Å². The minimum atomic E-state index is -0.595. The Hall–Kier alpha value is -4.51. The van der Waals surface area contributed by atoms with Gasteiger partial charge in [-0.2, -0.15) is 74.0 Å². The summed E-state index contributed by atoms with van der Waals surface area (Å²) < 4.78 is 6.42. The maximum atomic E-state index is 4.67. The van der Waals surface area contributed by atoms with Gasteiger partial charge in [-0.1, -0.05) is 69.0 Å². The molecule has 1 atom stereocenters. The molecular weight excluding hydrogens is 847 g/mol. The molecule has 0 spiro atoms. The molecule has 1 unspecified atom stereocenters. The Labute approximate surface area is 317 Å². The van der Waals surface area contributed by atoms with Gasteiger partial charge in [0.2, 0.25) is 0 Å². The number of unbranched alkanes of at least 4 members (excludes halogenated alkanes) is 1. The van der Waals surface area contributed by atoms with E-state index in [2.05, 4.69) is 145 Å². The molecule has 0 N–H and O–H groups in total. The van der Waals surface area contributed by atoms with Gasteiger partial charge in [-0.3, -0.25) is 20.7 Å². The van der Waals surface area contributed by atoms with Gasteiger partial charge in [-0.05, 0) is 61.9 Å². The van der Waals surface area contributed by atoms with E-state index in [1.807, 2.05) is 60.7 Å². The molecule has 8 rings (SSSR count). The first-order chi connectivity index (χ1) is 24.7. The summed E-state index contributed by atoms with van der Waals surface area (Å²) in [7, 11) is 0.334. The predicted molar refractivity (Wildman–Crippen MR) is 202 cm³/mol. The van der Waals surface area contributed by atoms with E-state index in [4.69, 9.17) is 0 Å². The van der Waals surface area contributed by atoms with Gasteiger partial charge in [0, 0.05) is 32.8 Å². The third kappa shape index (κ3) is 10.5. The normalized spacial score (nSPS) is 13.8. The van der Waals surface area contributed by atoms with Crippen molar-refractivity contribution in [1.82, 2.24) is 29.3 Å². The Bertz CT molecular complexity index is 1810. The number of aromatic nitrogens is 4. The molecule has 4 heterocycles. The van der Waals surface area contributed by atoms with Crippen molar-refractivity contribution in [2.24, 2.45) is 0 Å². The second-order valence-corrected chi connectivity index (χ2v) is 14.4. The van der Waals surface area contributed by atoms with E-state index in [1.165, 1.54) is 11.1 Å². The van der Waals surface area contributed by atoms with Crippen LogP contribution in [0.3, 0.4) is 0 Å². The van der Waals surface area contributed by atoms with Crippen LogP contribution in [0, 0.1) is 37.5 Å². The smallest absolute Gasteiger partial charge is 0.0458 e. The van der Waals surface area contributed by atoms with Gasteiger partial charge in [0.25, 0.3) is 0 Å². The zero-order valence-corrected chi connectivity index (χ0v) is 32.1. The Kier molecular flexibility index (Phi) is 13.3. The number of nitrogens with zero attached hydrogens (tertiary/aromatic N) is 8. The zero-order chi connectivity index (χ0) is 33.8. The summed E-state index contributed by atoms with van der Waals surface area (Å²) in [5, 5.41) is 9.41. The number of hydrogen-bond donors (Lipinski definition) is 0. The van der Waals surface area contributed by atoms with E-state index < -0.39 is 7.69 Å². The first-order valence-electron chi connectivity index (χ1n) is 16.6. The van der Waals surface area contributed by atoms with Crippen LogP contribution in [0.5, 0.6) is 0 Å². The Balaban J connectivity index is 0.000000173. The molecule has 0 aliphatic carbocycles. The monoisotopic (exact) mass is 883 g/mol. The molecule has 51 heavy (non-hydrogen) atoms. The van der Waals surface area contributed by atoms with Crippen molar-refractivity contribution in [3.8, 4) is 11.0 Å². The van der Waals surface area contributed by atoms with Crippen molar-refractivity contribution < 1.29 is 20.1 Å². The van der Waals surface area contributed by atoms with Crippen LogP contribution in [0.25, 0.3) is 11.0 Å². The third-order valence-corrected chi connectivity index (χ3v) is 11.0. The summed E-state index contributed by atoms with van der Waals surface area (Å²) >= 11 is 0. The summed E-state index contributed by atoms with van der Waals surface area (Å²) in [5.41, 5.74) is 5.38. The van der Waals surface area contributed by atoms with Gasteiger partial charge < -0.3 is 24.3 Å². The van der Waals surface area contributed by atoms with E-state index in [-0.39, 0.29) is 20.1 Å². The van der Waals surface area contributed by atoms with E-state index in [0.29, 0.717) is 6.54 Å². The molecular formula is C40H36IrN8P2-6. The molecule has 0 bridgehead atoms. The Morgan fingerprint density at radius 3 is 1.80 bits per heavy atom. The topological polar surface area (TPSA) is 56.6 Å². The molecule has 6 aromatic rings. The summed E-state index contributed by atoms with van der Waals surface area (Å²) in [6.45, 7) is 6.97. The van der Waals surface area contributed by atoms with Gasteiger partial charge in [0.05, 0.1) is 0 Å². The van der Waals surface area contributed by atoms with Crippen molar-refractivity contribution in [2.45, 2.75) is 25.5 Å². The van der Waals surface area contributed by atoms with Gasteiger partial charge in [-0.25, -0.2) is 11.9 Å². The molecule has 4 aromatic carbocycles. The van der Waals surface area contributed by atoms with Crippen molar-refractivity contribution in [3.63, 3.8) is 0 Å². The molecule has 2 aliphatic heterocycles. The van der Waals surface area contributed by atoms with E-state index in [1.54, 1.807) is 4.68 Å². The van der Waals surface area contributed by atoms with E-state index >= 15 is 0 Å². The number of benzene rings is 4. The third-order valence-electron chi connectivity index (χ3n) is 7.96. The molecule has 0 saturated carbocycles. The molecule has 0 fully saturated rings. The van der Waals surface area contributed by atoms with Gasteiger partial charge >= 0.3 is 0 Å². The number of para-hydroxylation sites is 2. The van der Waals surface area contributed by atoms with Crippen molar-refractivity contribution >= 4 is 27.4 Å². The van der Waals surface area contributed by atoms with Gasteiger partial charge in [0.15, 0.2) is 0 Å². The molecule has 261 valence electrons. The van der Waals surface area contributed by atoms with Crippen molar-refractivity contribution in [2.75, 3.05) is 22.9 Å². The van der Waals surface area contributed by atoms with Crippen LogP contribution in [-0.4, -0.2) is 42.4 Å². The second-order valence-electron chi connectivity index (χ2n) is 11.7. The second kappa shape index (κ2) is 18.6. The Morgan fingerprint density at radius 2 is 1.24 bits per heavy atom.